The van der Waals surface area contributed by atoms with Crippen molar-refractivity contribution >= 4 is 11.6 Å². The number of hydrogen-bond donors (Lipinski definition) is 2. The molecule has 1 heterocycles. The summed E-state index contributed by atoms with van der Waals surface area (Å²) >= 11 is 0. The van der Waals surface area contributed by atoms with Crippen LogP contribution in [0.3, 0.4) is 0 Å². The van der Waals surface area contributed by atoms with Crippen molar-refractivity contribution in [3.63, 3.8) is 0 Å². The molecular weight excluding hydrogens is 261 g/mol. The summed E-state index contributed by atoms with van der Waals surface area (Å²) in [5.41, 5.74) is 2.58. The van der Waals surface area contributed by atoms with E-state index in [0.29, 0.717) is 12.8 Å². The van der Waals surface area contributed by atoms with Gasteiger partial charge in [-0.15, -0.1) is 0 Å². The topological polar surface area (TPSA) is 71.2 Å². The number of rotatable bonds is 4. The van der Waals surface area contributed by atoms with Crippen LogP contribution in [0.5, 0.6) is 0 Å². The molecule has 1 aliphatic rings. The van der Waals surface area contributed by atoms with Crippen LogP contribution in [0.15, 0.2) is 18.5 Å². The molecule has 1 aromatic rings. The van der Waals surface area contributed by atoms with E-state index in [4.69, 9.17) is 5.84 Å². The zero-order chi connectivity index (χ0) is 14.0. The summed E-state index contributed by atoms with van der Waals surface area (Å²) in [6.45, 7) is -1.25. The van der Waals surface area contributed by atoms with E-state index in [1.165, 1.54) is 18.5 Å². The highest BCUT2D eigenvalue weighted by Gasteiger charge is 2.41. The lowest BCUT2D eigenvalue weighted by Crippen LogP contribution is -2.40. The lowest BCUT2D eigenvalue weighted by Gasteiger charge is -2.24. The normalized spacial score (nSPS) is 15.2. The molecule has 0 radical (unpaired) electrons. The van der Waals surface area contributed by atoms with Crippen molar-refractivity contribution in [2.75, 3.05) is 12.0 Å². The summed E-state index contributed by atoms with van der Waals surface area (Å²) in [4.78, 5) is 16.8. The number of anilines is 1. The molecule has 0 saturated heterocycles. The van der Waals surface area contributed by atoms with Gasteiger partial charge in [0.2, 0.25) is 0 Å². The Balaban J connectivity index is 2.24. The summed E-state index contributed by atoms with van der Waals surface area (Å²) in [6.07, 6.45) is -0.627. The van der Waals surface area contributed by atoms with Gasteiger partial charge in [-0.3, -0.25) is 15.6 Å². The van der Waals surface area contributed by atoms with Gasteiger partial charge in [-0.05, 0) is 18.9 Å². The van der Waals surface area contributed by atoms with E-state index in [2.05, 4.69) is 10.4 Å². The maximum Gasteiger partial charge on any atom is 0.406 e. The molecule has 1 aromatic heterocycles. The second-order valence-electron chi connectivity index (χ2n) is 4.35. The van der Waals surface area contributed by atoms with E-state index in [9.17, 15) is 18.0 Å². The number of alkyl halides is 3. The van der Waals surface area contributed by atoms with Crippen LogP contribution in [0.1, 0.15) is 23.2 Å². The van der Waals surface area contributed by atoms with Crippen molar-refractivity contribution in [1.29, 1.82) is 0 Å². The second kappa shape index (κ2) is 5.04. The molecule has 19 heavy (non-hydrogen) atoms. The van der Waals surface area contributed by atoms with Crippen molar-refractivity contribution in [3.05, 3.63) is 24.0 Å². The number of hydrogen-bond acceptors (Lipinski definition) is 4. The predicted molar refractivity (Wildman–Crippen MR) is 62.2 cm³/mol. The van der Waals surface area contributed by atoms with Crippen molar-refractivity contribution in [2.24, 2.45) is 5.84 Å². The summed E-state index contributed by atoms with van der Waals surface area (Å²) in [7, 11) is 0. The van der Waals surface area contributed by atoms with Crippen molar-refractivity contribution in [1.82, 2.24) is 9.88 Å². The maximum atomic E-state index is 12.5. The van der Waals surface area contributed by atoms with Gasteiger partial charge in [-0.25, -0.2) is 0 Å². The molecule has 0 aromatic carbocycles. The Bertz CT molecular complexity index is 473. The zero-order valence-electron chi connectivity index (χ0n) is 9.94. The number of nitrogens with one attached hydrogen (secondary N) is 1. The summed E-state index contributed by atoms with van der Waals surface area (Å²) in [6, 6.07) is 1.09. The van der Waals surface area contributed by atoms with Crippen LogP contribution in [-0.2, 0) is 0 Å². The van der Waals surface area contributed by atoms with Crippen LogP contribution < -0.4 is 11.3 Å². The number of carbonyl (C=O) groups excluding carboxylic acids is 1. The lowest BCUT2D eigenvalue weighted by molar-refractivity contribution is -0.141. The highest BCUT2D eigenvalue weighted by molar-refractivity contribution is 5.99. The highest BCUT2D eigenvalue weighted by Crippen LogP contribution is 2.32. The van der Waals surface area contributed by atoms with E-state index in [0.717, 1.165) is 4.90 Å². The molecular formula is C11H13F3N4O. The number of pyridine rings is 1. The first-order chi connectivity index (χ1) is 8.92. The average molecular weight is 274 g/mol. The minimum Gasteiger partial charge on any atom is -0.326 e. The van der Waals surface area contributed by atoms with E-state index in [1.807, 2.05) is 0 Å². The fourth-order valence-electron chi connectivity index (χ4n) is 1.79. The van der Waals surface area contributed by atoms with Gasteiger partial charge in [0, 0.05) is 18.4 Å². The number of nitrogens with two attached hydrogens (primary N) is 1. The molecule has 0 bridgehead atoms. The molecule has 5 nitrogen and oxygen atoms in total. The Morgan fingerprint density at radius 2 is 2.21 bits per heavy atom. The Morgan fingerprint density at radius 1 is 1.53 bits per heavy atom. The molecule has 8 heteroatoms. The first kappa shape index (κ1) is 13.6. The minimum atomic E-state index is -4.42. The van der Waals surface area contributed by atoms with Crippen LogP contribution in [-0.4, -0.2) is 34.6 Å². The predicted octanol–water partition coefficient (Wildman–Crippen LogP) is 1.53. The molecule has 1 aliphatic carbocycles. The van der Waals surface area contributed by atoms with E-state index in [1.54, 1.807) is 0 Å². The molecule has 0 aliphatic heterocycles. The Morgan fingerprint density at radius 3 is 2.74 bits per heavy atom. The number of nitrogen functional groups attached to an aromatic ring is 1. The SMILES string of the molecule is NNc1ccncc1C(=O)N(CC(F)(F)F)C1CC1. The molecule has 2 rings (SSSR count). The Hall–Kier alpha value is -1.83. The first-order valence-corrected chi connectivity index (χ1v) is 5.70. The lowest BCUT2D eigenvalue weighted by atomic mass is 10.2. The molecule has 1 amide bonds. The smallest absolute Gasteiger partial charge is 0.326 e. The fourth-order valence-corrected chi connectivity index (χ4v) is 1.79. The zero-order valence-corrected chi connectivity index (χ0v) is 9.94. The number of aromatic nitrogens is 1. The number of nitrogens with zero attached hydrogens (tertiary/aromatic N) is 2. The van der Waals surface area contributed by atoms with E-state index >= 15 is 0 Å². The van der Waals surface area contributed by atoms with Gasteiger partial charge in [0.05, 0.1) is 11.3 Å². The number of halogens is 3. The maximum absolute atomic E-state index is 12.5. The van der Waals surface area contributed by atoms with Crippen molar-refractivity contribution < 1.29 is 18.0 Å². The number of carbonyl (C=O) groups is 1. The summed E-state index contributed by atoms with van der Waals surface area (Å²) in [5.74, 6) is 4.53. The second-order valence-corrected chi connectivity index (χ2v) is 4.35. The third-order valence-corrected chi connectivity index (χ3v) is 2.81. The Labute approximate surface area is 107 Å². The van der Waals surface area contributed by atoms with Crippen LogP contribution in [0.25, 0.3) is 0 Å². The van der Waals surface area contributed by atoms with Crippen molar-refractivity contribution in [2.45, 2.75) is 25.1 Å². The summed E-state index contributed by atoms with van der Waals surface area (Å²) < 4.78 is 37.5. The quantitative estimate of drug-likeness (QED) is 0.645. The van der Waals surface area contributed by atoms with Gasteiger partial charge >= 0.3 is 6.18 Å². The first-order valence-electron chi connectivity index (χ1n) is 5.70. The van der Waals surface area contributed by atoms with Gasteiger partial charge in [0.25, 0.3) is 5.91 Å². The molecule has 0 unspecified atom stereocenters. The number of hydrazine groups is 1. The van der Waals surface area contributed by atoms with E-state index in [-0.39, 0.29) is 17.3 Å². The van der Waals surface area contributed by atoms with Crippen LogP contribution >= 0.6 is 0 Å². The monoisotopic (exact) mass is 274 g/mol. The summed E-state index contributed by atoms with van der Waals surface area (Å²) in [5, 5.41) is 0. The molecule has 1 saturated carbocycles. The average Bonchev–Trinajstić information content (AvgIpc) is 3.18. The standard InChI is InChI=1S/C11H13F3N4O/c12-11(13,14)6-18(7-1-2-7)10(19)8-5-16-4-3-9(8)17-15/h3-5,7H,1-2,6,15H2,(H,16,17). The molecule has 1 fully saturated rings. The van der Waals surface area contributed by atoms with Gasteiger partial charge in [-0.1, -0.05) is 0 Å². The molecule has 0 atom stereocenters. The minimum absolute atomic E-state index is 0.0427. The van der Waals surface area contributed by atoms with Crippen LogP contribution in [0, 0.1) is 0 Å². The van der Waals surface area contributed by atoms with Gasteiger partial charge in [0.1, 0.15) is 6.54 Å². The third kappa shape index (κ3) is 3.34. The Kier molecular flexibility index (Phi) is 3.61. The molecule has 3 N–H and O–H groups in total. The molecule has 104 valence electrons. The van der Waals surface area contributed by atoms with Crippen LogP contribution in [0.2, 0.25) is 0 Å². The van der Waals surface area contributed by atoms with Gasteiger partial charge in [-0.2, -0.15) is 13.2 Å². The number of amides is 1. The van der Waals surface area contributed by atoms with Crippen molar-refractivity contribution in [3.8, 4) is 0 Å². The largest absolute Gasteiger partial charge is 0.406 e. The third-order valence-electron chi connectivity index (χ3n) is 2.81. The fraction of sp³-hybridized carbons (Fsp3) is 0.455. The van der Waals surface area contributed by atoms with Gasteiger partial charge < -0.3 is 10.3 Å². The molecule has 0 spiro atoms. The van der Waals surface area contributed by atoms with E-state index < -0.39 is 18.6 Å². The van der Waals surface area contributed by atoms with Crippen LogP contribution in [0.4, 0.5) is 18.9 Å². The van der Waals surface area contributed by atoms with Gasteiger partial charge in [0.15, 0.2) is 0 Å². The highest BCUT2D eigenvalue weighted by atomic mass is 19.4.